The molecule has 0 atom stereocenters. The Morgan fingerprint density at radius 3 is 2.55 bits per heavy atom. The number of benzene rings is 1. The summed E-state index contributed by atoms with van der Waals surface area (Å²) in [5.74, 6) is 1.63. The van der Waals surface area contributed by atoms with Crippen molar-refractivity contribution in [3.8, 4) is 0 Å². The molecule has 0 radical (unpaired) electrons. The van der Waals surface area contributed by atoms with Gasteiger partial charge in [-0.15, -0.1) is 24.0 Å². The second-order valence-electron chi connectivity index (χ2n) is 5.95. The maximum absolute atomic E-state index is 4.26. The molecule has 0 amide bonds. The first-order valence-corrected chi connectivity index (χ1v) is 7.73. The Morgan fingerprint density at radius 2 is 1.95 bits per heavy atom. The maximum atomic E-state index is 4.26. The summed E-state index contributed by atoms with van der Waals surface area (Å²) in [5.41, 5.74) is 2.47. The molecular weight excluding hydrogens is 387 g/mol. The molecule has 5 heteroatoms. The van der Waals surface area contributed by atoms with Crippen molar-refractivity contribution in [2.75, 3.05) is 32.6 Å². The lowest BCUT2D eigenvalue weighted by Gasteiger charge is -2.15. The summed E-state index contributed by atoms with van der Waals surface area (Å²) in [6.45, 7) is 6.26. The van der Waals surface area contributed by atoms with Crippen molar-refractivity contribution >= 4 is 35.6 Å². The number of rotatable bonds is 7. The fraction of sp³-hybridized carbons (Fsp3) is 0.588. The number of halogens is 1. The topological polar surface area (TPSA) is 39.7 Å². The molecular formula is C17H31IN4. The van der Waals surface area contributed by atoms with Crippen LogP contribution < -0.4 is 15.5 Å². The van der Waals surface area contributed by atoms with Gasteiger partial charge in [0.1, 0.15) is 0 Å². The molecule has 0 bridgehead atoms. The smallest absolute Gasteiger partial charge is 0.191 e. The van der Waals surface area contributed by atoms with Gasteiger partial charge in [-0.3, -0.25) is 4.99 Å². The molecule has 22 heavy (non-hydrogen) atoms. The summed E-state index contributed by atoms with van der Waals surface area (Å²) in [6, 6.07) is 8.53. The molecule has 0 aromatic heterocycles. The number of nitrogens with one attached hydrogen (secondary N) is 2. The molecule has 0 aliphatic carbocycles. The van der Waals surface area contributed by atoms with Gasteiger partial charge in [0.15, 0.2) is 5.96 Å². The van der Waals surface area contributed by atoms with E-state index in [0.717, 1.165) is 25.0 Å². The van der Waals surface area contributed by atoms with Crippen molar-refractivity contribution in [1.29, 1.82) is 0 Å². The zero-order valence-electron chi connectivity index (χ0n) is 14.5. The highest BCUT2D eigenvalue weighted by Gasteiger charge is 2.01. The molecule has 0 saturated carbocycles. The molecule has 0 saturated heterocycles. The Hall–Kier alpha value is -0.980. The van der Waals surface area contributed by atoms with Gasteiger partial charge in [-0.1, -0.05) is 26.0 Å². The number of guanidine groups is 1. The lowest BCUT2D eigenvalue weighted by Crippen LogP contribution is -2.37. The van der Waals surface area contributed by atoms with E-state index in [2.05, 4.69) is 72.7 Å². The van der Waals surface area contributed by atoms with Crippen LogP contribution in [0.3, 0.4) is 0 Å². The van der Waals surface area contributed by atoms with Crippen LogP contribution >= 0.6 is 24.0 Å². The first-order valence-electron chi connectivity index (χ1n) is 7.73. The molecule has 0 aliphatic rings. The minimum atomic E-state index is 0. The Bertz CT molecular complexity index is 444. The molecule has 0 fully saturated rings. The lowest BCUT2D eigenvalue weighted by atomic mass is 10.1. The Kier molecular flexibility index (Phi) is 11.1. The van der Waals surface area contributed by atoms with Crippen LogP contribution in [0.4, 0.5) is 5.69 Å². The van der Waals surface area contributed by atoms with E-state index in [0.29, 0.717) is 0 Å². The van der Waals surface area contributed by atoms with Crippen LogP contribution in [-0.4, -0.2) is 33.6 Å². The highest BCUT2D eigenvalue weighted by atomic mass is 127. The van der Waals surface area contributed by atoms with Gasteiger partial charge in [-0.25, -0.2) is 0 Å². The van der Waals surface area contributed by atoms with Crippen LogP contribution in [0.5, 0.6) is 0 Å². The zero-order chi connectivity index (χ0) is 15.7. The first-order chi connectivity index (χ1) is 10.0. The van der Waals surface area contributed by atoms with Crippen LogP contribution in [-0.2, 0) is 6.54 Å². The molecule has 1 aromatic rings. The van der Waals surface area contributed by atoms with Crippen molar-refractivity contribution in [2.45, 2.75) is 33.2 Å². The van der Waals surface area contributed by atoms with Crippen molar-refractivity contribution in [2.24, 2.45) is 10.9 Å². The number of hydrogen-bond donors (Lipinski definition) is 2. The highest BCUT2D eigenvalue weighted by molar-refractivity contribution is 14.0. The Balaban J connectivity index is 0.00000441. The summed E-state index contributed by atoms with van der Waals surface area (Å²) in [6.07, 6.45) is 2.42. The highest BCUT2D eigenvalue weighted by Crippen LogP contribution is 2.13. The largest absolute Gasteiger partial charge is 0.378 e. The minimum Gasteiger partial charge on any atom is -0.378 e. The van der Waals surface area contributed by atoms with Crippen LogP contribution in [0.25, 0.3) is 0 Å². The van der Waals surface area contributed by atoms with Crippen molar-refractivity contribution in [3.05, 3.63) is 29.8 Å². The summed E-state index contributed by atoms with van der Waals surface area (Å²) in [4.78, 5) is 6.37. The van der Waals surface area contributed by atoms with Gasteiger partial charge in [0.05, 0.1) is 0 Å². The summed E-state index contributed by atoms with van der Waals surface area (Å²) >= 11 is 0. The van der Waals surface area contributed by atoms with Gasteiger partial charge in [-0.05, 0) is 36.5 Å². The van der Waals surface area contributed by atoms with Gasteiger partial charge in [0.2, 0.25) is 0 Å². The predicted octanol–water partition coefficient (Wildman–Crippen LogP) is 3.47. The summed E-state index contributed by atoms with van der Waals surface area (Å²) < 4.78 is 0. The third-order valence-corrected chi connectivity index (χ3v) is 3.36. The third kappa shape index (κ3) is 8.46. The van der Waals surface area contributed by atoms with E-state index < -0.39 is 0 Å². The number of nitrogens with zero attached hydrogens (tertiary/aromatic N) is 2. The molecule has 1 rings (SSSR count). The molecule has 2 N–H and O–H groups in total. The summed E-state index contributed by atoms with van der Waals surface area (Å²) in [5, 5.41) is 6.72. The normalized spacial score (nSPS) is 11.1. The van der Waals surface area contributed by atoms with Crippen LogP contribution in [0.1, 0.15) is 32.3 Å². The maximum Gasteiger partial charge on any atom is 0.191 e. The van der Waals surface area contributed by atoms with E-state index in [1.807, 2.05) is 7.05 Å². The third-order valence-electron chi connectivity index (χ3n) is 3.36. The van der Waals surface area contributed by atoms with Crippen LogP contribution in [0, 0.1) is 5.92 Å². The fourth-order valence-corrected chi connectivity index (χ4v) is 2.07. The molecule has 1 aromatic carbocycles. The quantitative estimate of drug-likeness (QED) is 0.308. The van der Waals surface area contributed by atoms with Gasteiger partial charge in [-0.2, -0.15) is 0 Å². The molecule has 0 spiro atoms. The monoisotopic (exact) mass is 418 g/mol. The molecule has 0 unspecified atom stereocenters. The molecule has 126 valence electrons. The molecule has 4 nitrogen and oxygen atoms in total. The van der Waals surface area contributed by atoms with E-state index in [4.69, 9.17) is 0 Å². The van der Waals surface area contributed by atoms with Crippen LogP contribution in [0.15, 0.2) is 29.3 Å². The van der Waals surface area contributed by atoms with Gasteiger partial charge in [0, 0.05) is 39.9 Å². The van der Waals surface area contributed by atoms with E-state index in [-0.39, 0.29) is 24.0 Å². The van der Waals surface area contributed by atoms with E-state index in [9.17, 15) is 0 Å². The zero-order valence-corrected chi connectivity index (χ0v) is 16.8. The lowest BCUT2D eigenvalue weighted by molar-refractivity contribution is 0.549. The van der Waals surface area contributed by atoms with E-state index >= 15 is 0 Å². The van der Waals surface area contributed by atoms with Crippen LogP contribution in [0.2, 0.25) is 0 Å². The minimum absolute atomic E-state index is 0. The van der Waals surface area contributed by atoms with Gasteiger partial charge < -0.3 is 15.5 Å². The Labute approximate surface area is 152 Å². The average molecular weight is 418 g/mol. The van der Waals surface area contributed by atoms with Crippen molar-refractivity contribution in [3.63, 3.8) is 0 Å². The number of hydrogen-bond acceptors (Lipinski definition) is 2. The van der Waals surface area contributed by atoms with Gasteiger partial charge in [0.25, 0.3) is 0 Å². The standard InChI is InChI=1S/C17H30N4.HI/c1-14(2)8-7-11-19-17(18-3)20-13-15-9-6-10-16(12-15)21(4)5;/h6,9-10,12,14H,7-8,11,13H2,1-5H3,(H2,18,19,20);1H. The number of anilines is 1. The molecule has 0 heterocycles. The van der Waals surface area contributed by atoms with E-state index in [1.165, 1.54) is 24.1 Å². The number of aliphatic imine (C=N–C) groups is 1. The Morgan fingerprint density at radius 1 is 1.23 bits per heavy atom. The fourth-order valence-electron chi connectivity index (χ4n) is 2.07. The van der Waals surface area contributed by atoms with Crippen molar-refractivity contribution < 1.29 is 0 Å². The molecule has 0 aliphatic heterocycles. The predicted molar refractivity (Wildman–Crippen MR) is 108 cm³/mol. The van der Waals surface area contributed by atoms with Crippen molar-refractivity contribution in [1.82, 2.24) is 10.6 Å². The second-order valence-corrected chi connectivity index (χ2v) is 5.95. The second kappa shape index (κ2) is 11.6. The summed E-state index contributed by atoms with van der Waals surface area (Å²) in [7, 11) is 5.93. The van der Waals surface area contributed by atoms with Gasteiger partial charge >= 0.3 is 0 Å². The average Bonchev–Trinajstić information content (AvgIpc) is 2.46. The van der Waals surface area contributed by atoms with E-state index in [1.54, 1.807) is 0 Å². The SMILES string of the molecule is CN=C(NCCCC(C)C)NCc1cccc(N(C)C)c1.I. The first kappa shape index (κ1) is 21.0.